The van der Waals surface area contributed by atoms with Crippen LogP contribution in [0, 0.1) is 6.92 Å². The van der Waals surface area contributed by atoms with Gasteiger partial charge in [-0.1, -0.05) is 18.2 Å². The molecule has 0 aliphatic carbocycles. The zero-order valence-corrected chi connectivity index (χ0v) is 16.7. The van der Waals surface area contributed by atoms with Crippen LogP contribution in [0.2, 0.25) is 0 Å². The van der Waals surface area contributed by atoms with Gasteiger partial charge in [0.15, 0.2) is 0 Å². The van der Waals surface area contributed by atoms with Crippen LogP contribution in [0.15, 0.2) is 40.9 Å². The van der Waals surface area contributed by atoms with Gasteiger partial charge in [0, 0.05) is 17.3 Å². The first kappa shape index (κ1) is 18.1. The van der Waals surface area contributed by atoms with E-state index < -0.39 is 0 Å². The Labute approximate surface area is 158 Å². The second-order valence-electron chi connectivity index (χ2n) is 6.50. The molecule has 4 nitrogen and oxygen atoms in total. The Morgan fingerprint density at radius 2 is 1.72 bits per heavy atom. The molecule has 0 saturated carbocycles. The quantitative estimate of drug-likeness (QED) is 0.827. The number of piperazine rings is 1. The molecule has 3 rings (SSSR count). The molecule has 1 heterocycles. The number of ether oxygens (including phenoxy) is 2. The largest absolute Gasteiger partial charge is 0.496 e. The van der Waals surface area contributed by atoms with Crippen molar-refractivity contribution in [3.63, 3.8) is 0 Å². The van der Waals surface area contributed by atoms with Crippen molar-refractivity contribution >= 4 is 21.6 Å². The predicted octanol–water partition coefficient (Wildman–Crippen LogP) is 2.68. The van der Waals surface area contributed by atoms with Crippen LogP contribution in [0.4, 0.5) is 5.69 Å². The summed E-state index contributed by atoms with van der Waals surface area (Å²) < 4.78 is 11.9. The summed E-state index contributed by atoms with van der Waals surface area (Å²) in [5.41, 5.74) is 3.94. The summed E-state index contributed by atoms with van der Waals surface area (Å²) in [7, 11) is 3.40. The molecule has 2 aromatic carbocycles. The second kappa shape index (κ2) is 8.11. The van der Waals surface area contributed by atoms with Gasteiger partial charge in [0.25, 0.3) is 0 Å². The van der Waals surface area contributed by atoms with E-state index in [1.807, 2.05) is 6.07 Å². The average molecular weight is 406 g/mol. The van der Waals surface area contributed by atoms with Crippen molar-refractivity contribution < 1.29 is 14.4 Å². The number of hydrogen-bond donors (Lipinski definition) is 1. The summed E-state index contributed by atoms with van der Waals surface area (Å²) in [6.07, 6.45) is 0. The Morgan fingerprint density at radius 1 is 1.04 bits per heavy atom. The fraction of sp³-hybridized carbons (Fsp3) is 0.400. The molecular weight excluding hydrogens is 380 g/mol. The lowest BCUT2D eigenvalue weighted by atomic mass is 10.1. The van der Waals surface area contributed by atoms with Crippen LogP contribution in [0.1, 0.15) is 11.1 Å². The van der Waals surface area contributed by atoms with E-state index in [1.165, 1.54) is 16.8 Å². The highest BCUT2D eigenvalue weighted by Gasteiger charge is 2.23. The molecule has 0 amide bonds. The lowest BCUT2D eigenvalue weighted by Crippen LogP contribution is -3.13. The minimum atomic E-state index is 0.806. The fourth-order valence-electron chi connectivity index (χ4n) is 3.49. The lowest BCUT2D eigenvalue weighted by Gasteiger charge is -2.34. The molecular formula is C20H26BrN2O2+. The Hall–Kier alpha value is -1.72. The van der Waals surface area contributed by atoms with E-state index in [2.05, 4.69) is 58.1 Å². The van der Waals surface area contributed by atoms with Crippen molar-refractivity contribution in [2.45, 2.75) is 13.5 Å². The zero-order chi connectivity index (χ0) is 17.8. The van der Waals surface area contributed by atoms with Crippen molar-refractivity contribution in [3.05, 3.63) is 52.0 Å². The zero-order valence-electron chi connectivity index (χ0n) is 15.1. The number of aryl methyl sites for hydroxylation is 1. The van der Waals surface area contributed by atoms with Crippen LogP contribution in [-0.2, 0) is 6.54 Å². The molecule has 25 heavy (non-hydrogen) atoms. The van der Waals surface area contributed by atoms with Crippen LogP contribution in [0.25, 0.3) is 0 Å². The third-order valence-electron chi connectivity index (χ3n) is 4.92. The van der Waals surface area contributed by atoms with Crippen LogP contribution in [-0.4, -0.2) is 40.4 Å². The smallest absolute Gasteiger partial charge is 0.136 e. The Bertz CT molecular complexity index is 728. The molecule has 0 spiro atoms. The minimum Gasteiger partial charge on any atom is -0.496 e. The number of rotatable bonds is 5. The lowest BCUT2D eigenvalue weighted by molar-refractivity contribution is -0.914. The van der Waals surface area contributed by atoms with E-state index in [-0.39, 0.29) is 0 Å². The summed E-state index contributed by atoms with van der Waals surface area (Å²) >= 11 is 3.59. The van der Waals surface area contributed by atoms with E-state index in [0.29, 0.717) is 0 Å². The summed E-state index contributed by atoms with van der Waals surface area (Å²) in [6.45, 7) is 7.57. The van der Waals surface area contributed by atoms with Crippen LogP contribution >= 0.6 is 15.9 Å². The van der Waals surface area contributed by atoms with Crippen molar-refractivity contribution in [3.8, 4) is 11.5 Å². The minimum absolute atomic E-state index is 0.806. The number of anilines is 1. The molecule has 1 aliphatic rings. The highest BCUT2D eigenvalue weighted by atomic mass is 79.9. The molecule has 0 atom stereocenters. The van der Waals surface area contributed by atoms with Crippen LogP contribution < -0.4 is 19.3 Å². The van der Waals surface area contributed by atoms with Crippen molar-refractivity contribution in [2.75, 3.05) is 45.3 Å². The van der Waals surface area contributed by atoms with Crippen molar-refractivity contribution in [1.29, 1.82) is 0 Å². The van der Waals surface area contributed by atoms with Gasteiger partial charge in [-0.2, -0.15) is 0 Å². The average Bonchev–Trinajstić information content (AvgIpc) is 2.63. The maximum Gasteiger partial charge on any atom is 0.136 e. The first-order chi connectivity index (χ1) is 12.1. The molecule has 1 saturated heterocycles. The summed E-state index contributed by atoms with van der Waals surface area (Å²) in [4.78, 5) is 4.08. The standard InChI is InChI=1S/C20H25BrN2O2/c1-15-6-4-5-7-18(15)23-10-8-22(9-11-23)14-16-12-17(21)20(25-3)13-19(16)24-2/h4-7,12-13H,8-11,14H2,1-3H3/p+1. The molecule has 0 unspecified atom stereocenters. The van der Waals surface area contributed by atoms with E-state index >= 15 is 0 Å². The first-order valence-corrected chi connectivity index (χ1v) is 9.46. The van der Waals surface area contributed by atoms with E-state index in [4.69, 9.17) is 9.47 Å². The summed E-state index contributed by atoms with van der Waals surface area (Å²) in [5, 5.41) is 0. The number of nitrogens with one attached hydrogen (secondary N) is 1. The Kier molecular flexibility index (Phi) is 5.86. The summed E-state index contributed by atoms with van der Waals surface area (Å²) in [5.74, 6) is 1.70. The third kappa shape index (κ3) is 4.10. The van der Waals surface area contributed by atoms with Crippen LogP contribution in [0.3, 0.4) is 0 Å². The van der Waals surface area contributed by atoms with Gasteiger partial charge < -0.3 is 19.3 Å². The number of halogens is 1. The predicted molar refractivity (Wildman–Crippen MR) is 105 cm³/mol. The summed E-state index contributed by atoms with van der Waals surface area (Å²) in [6, 6.07) is 12.7. The monoisotopic (exact) mass is 405 g/mol. The van der Waals surface area contributed by atoms with Crippen molar-refractivity contribution in [2.24, 2.45) is 0 Å². The number of nitrogens with zero attached hydrogens (tertiary/aromatic N) is 1. The van der Waals surface area contributed by atoms with E-state index in [9.17, 15) is 0 Å². The van der Waals surface area contributed by atoms with Gasteiger partial charge in [0.1, 0.15) is 18.0 Å². The molecule has 134 valence electrons. The van der Waals surface area contributed by atoms with Crippen LogP contribution in [0.5, 0.6) is 11.5 Å². The second-order valence-corrected chi connectivity index (χ2v) is 7.35. The SMILES string of the molecule is COc1cc(OC)c(C[NH+]2CCN(c3ccccc3C)CC2)cc1Br. The molecule has 0 radical (unpaired) electrons. The third-order valence-corrected chi connectivity index (χ3v) is 5.54. The van der Waals surface area contributed by atoms with Gasteiger partial charge in [-0.25, -0.2) is 0 Å². The van der Waals surface area contributed by atoms with Gasteiger partial charge in [-0.3, -0.25) is 0 Å². The molecule has 0 aromatic heterocycles. The Morgan fingerprint density at radius 3 is 2.36 bits per heavy atom. The van der Waals surface area contributed by atoms with E-state index in [1.54, 1.807) is 19.1 Å². The van der Waals surface area contributed by atoms with Gasteiger partial charge in [0.05, 0.1) is 44.9 Å². The number of benzene rings is 2. The maximum absolute atomic E-state index is 5.57. The molecule has 0 bridgehead atoms. The topological polar surface area (TPSA) is 26.1 Å². The van der Waals surface area contributed by atoms with Crippen molar-refractivity contribution in [1.82, 2.24) is 0 Å². The van der Waals surface area contributed by atoms with Gasteiger partial charge in [-0.15, -0.1) is 0 Å². The number of quaternary nitrogens is 1. The molecule has 1 fully saturated rings. The molecule has 5 heteroatoms. The molecule has 2 aromatic rings. The highest BCUT2D eigenvalue weighted by molar-refractivity contribution is 9.10. The normalized spacial score (nSPS) is 15.3. The molecule has 1 N–H and O–H groups in total. The van der Waals surface area contributed by atoms with Gasteiger partial charge in [0.2, 0.25) is 0 Å². The van der Waals surface area contributed by atoms with E-state index in [0.717, 1.165) is 48.7 Å². The number of methoxy groups -OCH3 is 2. The number of hydrogen-bond acceptors (Lipinski definition) is 3. The van der Waals surface area contributed by atoms with Gasteiger partial charge in [-0.05, 0) is 40.5 Å². The maximum atomic E-state index is 5.57. The highest BCUT2D eigenvalue weighted by Crippen LogP contribution is 2.32. The molecule has 1 aliphatic heterocycles. The fourth-order valence-corrected chi connectivity index (χ4v) is 4.04. The Balaban J connectivity index is 1.66. The first-order valence-electron chi connectivity index (χ1n) is 8.67. The number of para-hydroxylation sites is 1. The van der Waals surface area contributed by atoms with Gasteiger partial charge >= 0.3 is 0 Å².